The van der Waals surface area contributed by atoms with Crippen molar-refractivity contribution in [1.82, 2.24) is 19.1 Å². The summed E-state index contributed by atoms with van der Waals surface area (Å²) < 4.78 is 15.2. The molecule has 0 aliphatic carbocycles. The van der Waals surface area contributed by atoms with Crippen LogP contribution in [0.1, 0.15) is 0 Å². The molecule has 0 unspecified atom stereocenters. The number of furan rings is 2. The molecule has 0 fully saturated rings. The highest BCUT2D eigenvalue weighted by Crippen LogP contribution is 2.35. The van der Waals surface area contributed by atoms with Crippen molar-refractivity contribution in [2.75, 3.05) is 0 Å². The van der Waals surface area contributed by atoms with Crippen molar-refractivity contribution in [2.24, 2.45) is 7.05 Å². The average molecular weight is 304 g/mol. The van der Waals surface area contributed by atoms with E-state index in [4.69, 9.17) is 8.83 Å². The van der Waals surface area contributed by atoms with Crippen LogP contribution >= 0.6 is 0 Å². The maximum atomic E-state index is 5.69. The van der Waals surface area contributed by atoms with E-state index in [1.54, 1.807) is 31.4 Å². The first-order chi connectivity index (χ1) is 11.3. The second kappa shape index (κ2) is 4.36. The molecule has 23 heavy (non-hydrogen) atoms. The summed E-state index contributed by atoms with van der Waals surface area (Å²) in [7, 11) is 1.95. The number of hydrogen-bond acceptors (Lipinski definition) is 4. The molecule has 5 rings (SSSR count). The number of benzene rings is 1. The molecule has 0 bridgehead atoms. The van der Waals surface area contributed by atoms with Crippen LogP contribution in [0.3, 0.4) is 0 Å². The van der Waals surface area contributed by atoms with Crippen molar-refractivity contribution in [3.63, 3.8) is 0 Å². The van der Waals surface area contributed by atoms with E-state index >= 15 is 0 Å². The average Bonchev–Trinajstić information content (AvgIpc) is 3.30. The van der Waals surface area contributed by atoms with Crippen molar-refractivity contribution < 1.29 is 8.83 Å². The molecule has 6 heteroatoms. The van der Waals surface area contributed by atoms with Gasteiger partial charge in [0.25, 0.3) is 0 Å². The van der Waals surface area contributed by atoms with E-state index in [-0.39, 0.29) is 0 Å². The van der Waals surface area contributed by atoms with Crippen LogP contribution in [0.2, 0.25) is 0 Å². The molecule has 0 saturated heterocycles. The van der Waals surface area contributed by atoms with Crippen molar-refractivity contribution in [1.29, 1.82) is 0 Å². The number of nitrogens with zero attached hydrogens (tertiary/aromatic N) is 4. The Balaban J connectivity index is 1.80. The van der Waals surface area contributed by atoms with Gasteiger partial charge < -0.3 is 18.0 Å². The summed E-state index contributed by atoms with van der Waals surface area (Å²) in [6, 6.07) is 3.99. The van der Waals surface area contributed by atoms with Gasteiger partial charge in [-0.1, -0.05) is 0 Å². The lowest BCUT2D eigenvalue weighted by molar-refractivity contribution is 0.603. The minimum absolute atomic E-state index is 0.781. The number of fused-ring (bicyclic) bond motifs is 2. The van der Waals surface area contributed by atoms with Crippen LogP contribution in [0.25, 0.3) is 38.9 Å². The van der Waals surface area contributed by atoms with Crippen molar-refractivity contribution in [3.05, 3.63) is 55.9 Å². The number of rotatable bonds is 2. The van der Waals surface area contributed by atoms with E-state index in [1.807, 2.05) is 34.6 Å². The van der Waals surface area contributed by atoms with E-state index in [2.05, 4.69) is 16.0 Å². The molecule has 6 nitrogen and oxygen atoms in total. The molecule has 0 saturated carbocycles. The first-order valence-corrected chi connectivity index (χ1v) is 7.19. The van der Waals surface area contributed by atoms with Gasteiger partial charge in [-0.3, -0.25) is 0 Å². The standard InChI is InChI=1S/C17H12N4O2/c1-20-6-14(19-10-20)13-7-22-16-5-17-12(4-11(13)16)15(8-23-17)21-3-2-18-9-21/h2-10H,1H3. The smallest absolute Gasteiger partial charge is 0.139 e. The van der Waals surface area contributed by atoms with Crippen molar-refractivity contribution in [3.8, 4) is 16.9 Å². The van der Waals surface area contributed by atoms with Gasteiger partial charge in [0.15, 0.2) is 0 Å². The van der Waals surface area contributed by atoms with Crippen LogP contribution in [0.15, 0.2) is 64.7 Å². The van der Waals surface area contributed by atoms with E-state index in [0.29, 0.717) is 0 Å². The fourth-order valence-corrected chi connectivity index (χ4v) is 2.89. The van der Waals surface area contributed by atoms with Crippen molar-refractivity contribution in [2.45, 2.75) is 0 Å². The third kappa shape index (κ3) is 1.75. The topological polar surface area (TPSA) is 61.9 Å². The van der Waals surface area contributed by atoms with Crippen LogP contribution in [0, 0.1) is 0 Å². The van der Waals surface area contributed by atoms with Gasteiger partial charge in [0.05, 0.1) is 24.0 Å². The van der Waals surface area contributed by atoms with E-state index in [9.17, 15) is 0 Å². The molecule has 5 aromatic rings. The zero-order valence-corrected chi connectivity index (χ0v) is 12.3. The van der Waals surface area contributed by atoms with Gasteiger partial charge in [-0.2, -0.15) is 0 Å². The Hall–Kier alpha value is -3.28. The highest BCUT2D eigenvalue weighted by atomic mass is 16.3. The molecule has 112 valence electrons. The Kier molecular flexibility index (Phi) is 2.33. The Morgan fingerprint density at radius 3 is 2.65 bits per heavy atom. The Bertz CT molecular complexity index is 1130. The summed E-state index contributed by atoms with van der Waals surface area (Å²) in [5.41, 5.74) is 4.37. The maximum absolute atomic E-state index is 5.69. The van der Waals surface area contributed by atoms with E-state index < -0.39 is 0 Å². The van der Waals surface area contributed by atoms with Gasteiger partial charge in [0, 0.05) is 48.0 Å². The molecule has 0 atom stereocenters. The lowest BCUT2D eigenvalue weighted by Crippen LogP contribution is -1.87. The van der Waals surface area contributed by atoms with Gasteiger partial charge in [-0.15, -0.1) is 0 Å². The zero-order valence-electron chi connectivity index (χ0n) is 12.3. The monoisotopic (exact) mass is 304 g/mol. The maximum Gasteiger partial charge on any atom is 0.139 e. The van der Waals surface area contributed by atoms with Crippen molar-refractivity contribution >= 4 is 21.9 Å². The predicted octanol–water partition coefficient (Wildman–Crippen LogP) is 3.77. The summed E-state index contributed by atoms with van der Waals surface area (Å²) in [5.74, 6) is 0. The Morgan fingerprint density at radius 1 is 1.00 bits per heavy atom. The summed E-state index contributed by atoms with van der Waals surface area (Å²) in [6.07, 6.45) is 12.6. The Labute approximate surface area is 130 Å². The van der Waals surface area contributed by atoms with Gasteiger partial charge in [0.2, 0.25) is 0 Å². The molecule has 4 aromatic heterocycles. The van der Waals surface area contributed by atoms with Crippen LogP contribution in [-0.2, 0) is 7.05 Å². The van der Waals surface area contributed by atoms with Gasteiger partial charge in [0.1, 0.15) is 23.7 Å². The Morgan fingerprint density at radius 2 is 1.87 bits per heavy atom. The number of imidazole rings is 2. The largest absolute Gasteiger partial charge is 0.463 e. The lowest BCUT2D eigenvalue weighted by atomic mass is 10.1. The fourth-order valence-electron chi connectivity index (χ4n) is 2.89. The summed E-state index contributed by atoms with van der Waals surface area (Å²) >= 11 is 0. The normalized spacial score (nSPS) is 11.7. The lowest BCUT2D eigenvalue weighted by Gasteiger charge is -1.98. The third-order valence-electron chi connectivity index (χ3n) is 4.01. The number of hydrogen-bond donors (Lipinski definition) is 0. The molecular formula is C17H12N4O2. The second-order valence-electron chi connectivity index (χ2n) is 5.51. The first-order valence-electron chi connectivity index (χ1n) is 7.19. The van der Waals surface area contributed by atoms with Gasteiger partial charge >= 0.3 is 0 Å². The SMILES string of the molecule is Cn1cnc(-c2coc3cc4occ(-n5ccnc5)c4cc23)c1. The second-order valence-corrected chi connectivity index (χ2v) is 5.51. The van der Waals surface area contributed by atoms with E-state index in [0.717, 1.165) is 38.9 Å². The quantitative estimate of drug-likeness (QED) is 0.498. The summed E-state index contributed by atoms with van der Waals surface area (Å²) in [4.78, 5) is 8.51. The van der Waals surface area contributed by atoms with Gasteiger partial charge in [-0.25, -0.2) is 9.97 Å². The molecular weight excluding hydrogens is 292 g/mol. The molecule has 0 aliphatic rings. The molecule has 0 spiro atoms. The highest BCUT2D eigenvalue weighted by molar-refractivity contribution is 6.03. The zero-order chi connectivity index (χ0) is 15.4. The molecule has 1 aromatic carbocycles. The summed E-state index contributed by atoms with van der Waals surface area (Å²) in [5, 5.41) is 2.02. The van der Waals surface area contributed by atoms with Crippen LogP contribution in [-0.4, -0.2) is 19.1 Å². The van der Waals surface area contributed by atoms with Gasteiger partial charge in [-0.05, 0) is 6.07 Å². The molecule has 0 amide bonds. The van der Waals surface area contributed by atoms with E-state index in [1.165, 1.54) is 0 Å². The van der Waals surface area contributed by atoms with Crippen LogP contribution in [0.5, 0.6) is 0 Å². The van der Waals surface area contributed by atoms with Crippen LogP contribution < -0.4 is 0 Å². The highest BCUT2D eigenvalue weighted by Gasteiger charge is 2.15. The minimum Gasteiger partial charge on any atom is -0.463 e. The molecule has 0 aliphatic heterocycles. The summed E-state index contributed by atoms with van der Waals surface area (Å²) in [6.45, 7) is 0. The number of aryl methyl sites for hydroxylation is 1. The molecule has 0 radical (unpaired) electrons. The van der Waals surface area contributed by atoms with Crippen LogP contribution in [0.4, 0.5) is 0 Å². The first kappa shape index (κ1) is 12.3. The number of aromatic nitrogens is 4. The molecule has 4 heterocycles. The third-order valence-corrected chi connectivity index (χ3v) is 4.01. The molecule has 0 N–H and O–H groups in total. The minimum atomic E-state index is 0.781. The predicted molar refractivity (Wildman–Crippen MR) is 85.3 cm³/mol. The fraction of sp³-hybridized carbons (Fsp3) is 0.0588.